The van der Waals surface area contributed by atoms with Gasteiger partial charge in [-0.1, -0.05) is 30.3 Å². The number of carbonyl (C=O) groups is 1. The van der Waals surface area contributed by atoms with Crippen LogP contribution >= 0.6 is 12.2 Å². The number of hydrogen-bond acceptors (Lipinski definition) is 3. The normalized spacial score (nSPS) is 14.3. The maximum atomic E-state index is 12.4. The Morgan fingerprint density at radius 3 is 2.50 bits per heavy atom. The second kappa shape index (κ2) is 7.09. The van der Waals surface area contributed by atoms with Crippen molar-refractivity contribution in [2.24, 2.45) is 5.92 Å². The second-order valence-electron chi connectivity index (χ2n) is 6.68. The molecule has 1 fully saturated rings. The van der Waals surface area contributed by atoms with E-state index in [0.717, 1.165) is 12.1 Å². The summed E-state index contributed by atoms with van der Waals surface area (Å²) < 4.78 is 5.48. The third kappa shape index (κ3) is 5.64. The van der Waals surface area contributed by atoms with E-state index in [1.807, 2.05) is 51.1 Å². The molecule has 1 aromatic carbocycles. The first-order valence-corrected chi connectivity index (χ1v) is 8.08. The molecular weight excluding hydrogens is 296 g/mol. The summed E-state index contributed by atoms with van der Waals surface area (Å²) in [6, 6.07) is 9.79. The van der Waals surface area contributed by atoms with Crippen LogP contribution in [0.3, 0.4) is 0 Å². The van der Waals surface area contributed by atoms with Crippen molar-refractivity contribution >= 4 is 23.4 Å². The quantitative estimate of drug-likeness (QED) is 0.859. The largest absolute Gasteiger partial charge is 0.443 e. The monoisotopic (exact) mass is 320 g/mol. The van der Waals surface area contributed by atoms with Crippen LogP contribution in [0.15, 0.2) is 30.3 Å². The molecule has 0 unspecified atom stereocenters. The van der Waals surface area contributed by atoms with E-state index in [-0.39, 0.29) is 0 Å². The van der Waals surface area contributed by atoms with E-state index in [4.69, 9.17) is 17.0 Å². The Morgan fingerprint density at radius 1 is 1.32 bits per heavy atom. The van der Waals surface area contributed by atoms with Gasteiger partial charge in [0.15, 0.2) is 5.11 Å². The highest BCUT2D eigenvalue weighted by molar-refractivity contribution is 7.80. The van der Waals surface area contributed by atoms with Gasteiger partial charge in [-0.05, 0) is 57.3 Å². The predicted octanol–water partition coefficient (Wildman–Crippen LogP) is 3.71. The van der Waals surface area contributed by atoms with Crippen LogP contribution in [-0.2, 0) is 11.3 Å². The van der Waals surface area contributed by atoms with Crippen molar-refractivity contribution in [3.63, 3.8) is 0 Å². The van der Waals surface area contributed by atoms with Crippen molar-refractivity contribution in [1.29, 1.82) is 0 Å². The summed E-state index contributed by atoms with van der Waals surface area (Å²) in [6.07, 6.45) is 2.06. The molecule has 2 rings (SSSR count). The molecule has 1 aromatic rings. The summed E-state index contributed by atoms with van der Waals surface area (Å²) in [6.45, 7) is 6.80. The summed E-state index contributed by atoms with van der Waals surface area (Å²) in [5.41, 5.74) is 0.474. The zero-order chi connectivity index (χ0) is 16.2. The van der Waals surface area contributed by atoms with Crippen LogP contribution in [-0.4, -0.2) is 28.3 Å². The molecule has 1 N–H and O–H groups in total. The standard InChI is InChI=1S/C17H24N2O2S/c1-17(2,3)21-16(20)19(12-14-7-5-4-6-8-14)15(22)18-11-13-9-10-13/h4-8,13H,9-12H2,1-3H3,(H,18,22). The van der Waals surface area contributed by atoms with Crippen LogP contribution < -0.4 is 5.32 Å². The van der Waals surface area contributed by atoms with Crippen LogP contribution in [0.2, 0.25) is 0 Å². The summed E-state index contributed by atoms with van der Waals surface area (Å²) >= 11 is 5.40. The van der Waals surface area contributed by atoms with E-state index in [1.165, 1.54) is 17.7 Å². The first-order chi connectivity index (χ1) is 10.3. The molecule has 1 amide bonds. The van der Waals surface area contributed by atoms with E-state index >= 15 is 0 Å². The van der Waals surface area contributed by atoms with Crippen LogP contribution in [0.1, 0.15) is 39.2 Å². The van der Waals surface area contributed by atoms with Gasteiger partial charge in [0, 0.05) is 6.54 Å². The van der Waals surface area contributed by atoms with Gasteiger partial charge in [-0.2, -0.15) is 0 Å². The third-order valence-corrected chi connectivity index (χ3v) is 3.65. The second-order valence-corrected chi connectivity index (χ2v) is 7.07. The molecule has 1 saturated carbocycles. The average Bonchev–Trinajstić information content (AvgIpc) is 3.25. The van der Waals surface area contributed by atoms with Crippen molar-refractivity contribution in [2.75, 3.05) is 6.54 Å². The number of rotatable bonds is 4. The molecule has 0 spiro atoms. The molecule has 22 heavy (non-hydrogen) atoms. The molecule has 0 bridgehead atoms. The third-order valence-electron chi connectivity index (χ3n) is 3.28. The van der Waals surface area contributed by atoms with E-state index < -0.39 is 11.7 Å². The number of hydrogen-bond donors (Lipinski definition) is 1. The first-order valence-electron chi connectivity index (χ1n) is 7.67. The molecule has 0 aromatic heterocycles. The van der Waals surface area contributed by atoms with Gasteiger partial charge in [0.25, 0.3) is 0 Å². The van der Waals surface area contributed by atoms with Crippen LogP contribution in [0.25, 0.3) is 0 Å². The SMILES string of the molecule is CC(C)(C)OC(=O)N(Cc1ccccc1)C(=S)NCC1CC1. The molecule has 5 heteroatoms. The summed E-state index contributed by atoms with van der Waals surface area (Å²) in [5.74, 6) is 0.690. The van der Waals surface area contributed by atoms with E-state index in [1.54, 1.807) is 0 Å². The fourth-order valence-electron chi connectivity index (χ4n) is 1.95. The van der Waals surface area contributed by atoms with Gasteiger partial charge in [0.05, 0.1) is 6.54 Å². The first kappa shape index (κ1) is 16.7. The predicted molar refractivity (Wildman–Crippen MR) is 91.5 cm³/mol. The lowest BCUT2D eigenvalue weighted by atomic mass is 10.2. The Bertz CT molecular complexity index is 521. The minimum Gasteiger partial charge on any atom is -0.443 e. The van der Waals surface area contributed by atoms with Gasteiger partial charge in [0.1, 0.15) is 5.60 Å². The summed E-state index contributed by atoms with van der Waals surface area (Å²) in [4.78, 5) is 13.9. The van der Waals surface area contributed by atoms with Crippen LogP contribution in [0.4, 0.5) is 4.79 Å². The minimum absolute atomic E-state index is 0.409. The molecule has 1 aliphatic carbocycles. The molecule has 1 aliphatic rings. The zero-order valence-electron chi connectivity index (χ0n) is 13.5. The number of nitrogens with one attached hydrogen (secondary N) is 1. The molecule has 0 atom stereocenters. The molecule has 120 valence electrons. The van der Waals surface area contributed by atoms with Crippen molar-refractivity contribution < 1.29 is 9.53 Å². The Labute approximate surface area is 137 Å². The van der Waals surface area contributed by atoms with Gasteiger partial charge < -0.3 is 10.1 Å². The highest BCUT2D eigenvalue weighted by Gasteiger charge is 2.27. The number of carbonyl (C=O) groups excluding carboxylic acids is 1. The smallest absolute Gasteiger partial charge is 0.416 e. The number of benzene rings is 1. The van der Waals surface area contributed by atoms with Gasteiger partial charge in [-0.3, -0.25) is 0 Å². The molecular formula is C17H24N2O2S. The molecule has 4 nitrogen and oxygen atoms in total. The number of amides is 1. The number of thiocarbonyl (C=S) groups is 1. The number of ether oxygens (including phenoxy) is 1. The fraction of sp³-hybridized carbons (Fsp3) is 0.529. The average molecular weight is 320 g/mol. The fourth-order valence-corrected chi connectivity index (χ4v) is 2.17. The Balaban J connectivity index is 2.04. The Kier molecular flexibility index (Phi) is 5.40. The van der Waals surface area contributed by atoms with Gasteiger partial charge in [-0.25, -0.2) is 9.69 Å². The lowest BCUT2D eigenvalue weighted by Crippen LogP contribution is -2.45. The highest BCUT2D eigenvalue weighted by atomic mass is 32.1. The maximum absolute atomic E-state index is 12.4. The van der Waals surface area contributed by atoms with Gasteiger partial charge in [-0.15, -0.1) is 0 Å². The minimum atomic E-state index is -0.544. The lowest BCUT2D eigenvalue weighted by Gasteiger charge is -2.28. The van der Waals surface area contributed by atoms with E-state index in [0.29, 0.717) is 17.6 Å². The van der Waals surface area contributed by atoms with Crippen LogP contribution in [0, 0.1) is 5.92 Å². The highest BCUT2D eigenvalue weighted by Crippen LogP contribution is 2.27. The van der Waals surface area contributed by atoms with E-state index in [2.05, 4.69) is 5.32 Å². The summed E-state index contributed by atoms with van der Waals surface area (Å²) in [7, 11) is 0. The van der Waals surface area contributed by atoms with Gasteiger partial charge >= 0.3 is 6.09 Å². The molecule has 0 heterocycles. The van der Waals surface area contributed by atoms with Crippen LogP contribution in [0.5, 0.6) is 0 Å². The molecule has 0 radical (unpaired) electrons. The Morgan fingerprint density at radius 2 is 1.95 bits per heavy atom. The maximum Gasteiger partial charge on any atom is 0.416 e. The lowest BCUT2D eigenvalue weighted by molar-refractivity contribution is 0.0358. The van der Waals surface area contributed by atoms with Crippen molar-refractivity contribution in [3.05, 3.63) is 35.9 Å². The van der Waals surface area contributed by atoms with Gasteiger partial charge in [0.2, 0.25) is 0 Å². The van der Waals surface area contributed by atoms with Crippen molar-refractivity contribution in [1.82, 2.24) is 10.2 Å². The van der Waals surface area contributed by atoms with E-state index in [9.17, 15) is 4.79 Å². The Hall–Kier alpha value is -1.62. The van der Waals surface area contributed by atoms with Crippen molar-refractivity contribution in [3.8, 4) is 0 Å². The molecule has 0 aliphatic heterocycles. The zero-order valence-corrected chi connectivity index (χ0v) is 14.3. The summed E-state index contributed by atoms with van der Waals surface area (Å²) in [5, 5.41) is 3.62. The topological polar surface area (TPSA) is 41.6 Å². The molecule has 0 saturated heterocycles. The number of nitrogens with zero attached hydrogens (tertiary/aromatic N) is 1. The van der Waals surface area contributed by atoms with Crippen molar-refractivity contribution in [2.45, 2.75) is 45.8 Å².